The van der Waals surface area contributed by atoms with Crippen LogP contribution in [0.5, 0.6) is 0 Å². The molecule has 0 unspecified atom stereocenters. The van der Waals surface area contributed by atoms with Crippen LogP contribution in [0.1, 0.15) is 46.0 Å². The number of aryl methyl sites for hydroxylation is 1. The van der Waals surface area contributed by atoms with E-state index in [1.54, 1.807) is 35.8 Å². The van der Waals surface area contributed by atoms with Gasteiger partial charge in [0.05, 0.1) is 18.8 Å². The van der Waals surface area contributed by atoms with Crippen LogP contribution in [0.2, 0.25) is 0 Å². The van der Waals surface area contributed by atoms with Crippen molar-refractivity contribution < 1.29 is 23.9 Å². The highest BCUT2D eigenvalue weighted by Gasteiger charge is 2.25. The van der Waals surface area contributed by atoms with Gasteiger partial charge in [0.15, 0.2) is 0 Å². The molecule has 0 bridgehead atoms. The van der Waals surface area contributed by atoms with E-state index in [1.165, 1.54) is 0 Å². The Morgan fingerprint density at radius 1 is 0.871 bits per heavy atom. The van der Waals surface area contributed by atoms with Gasteiger partial charge in [0.2, 0.25) is 0 Å². The molecule has 8 nitrogen and oxygen atoms in total. The van der Waals surface area contributed by atoms with Gasteiger partial charge >= 0.3 is 12.1 Å². The third kappa shape index (κ3) is 4.73. The van der Waals surface area contributed by atoms with Crippen LogP contribution in [0.3, 0.4) is 0 Å². The van der Waals surface area contributed by atoms with Crippen LogP contribution in [-0.4, -0.2) is 71.7 Å². The molecule has 2 aromatic rings. The van der Waals surface area contributed by atoms with Crippen molar-refractivity contribution in [3.05, 3.63) is 52.8 Å². The third-order valence-corrected chi connectivity index (χ3v) is 5.39. The minimum Gasteiger partial charge on any atom is -0.462 e. The van der Waals surface area contributed by atoms with Gasteiger partial charge in [-0.2, -0.15) is 0 Å². The first-order chi connectivity index (χ1) is 14.9. The Bertz CT molecular complexity index is 956. The van der Waals surface area contributed by atoms with E-state index < -0.39 is 0 Å². The molecule has 1 fully saturated rings. The van der Waals surface area contributed by atoms with Gasteiger partial charge in [-0.1, -0.05) is 0 Å². The third-order valence-electron chi connectivity index (χ3n) is 5.39. The van der Waals surface area contributed by atoms with Gasteiger partial charge in [-0.3, -0.25) is 4.79 Å². The van der Waals surface area contributed by atoms with Crippen LogP contribution in [0.25, 0.3) is 5.69 Å². The molecule has 1 aliphatic rings. The van der Waals surface area contributed by atoms with Gasteiger partial charge in [-0.05, 0) is 58.0 Å². The summed E-state index contributed by atoms with van der Waals surface area (Å²) < 4.78 is 12.1. The Kier molecular flexibility index (Phi) is 6.99. The number of ether oxygens (including phenoxy) is 2. The van der Waals surface area contributed by atoms with Crippen molar-refractivity contribution in [2.75, 3.05) is 39.4 Å². The number of carbonyl (C=O) groups excluding carboxylic acids is 3. The van der Waals surface area contributed by atoms with Crippen molar-refractivity contribution in [1.29, 1.82) is 0 Å². The summed E-state index contributed by atoms with van der Waals surface area (Å²) in [6.07, 6.45) is -0.335. The number of rotatable bonds is 5. The monoisotopic (exact) mass is 427 g/mol. The van der Waals surface area contributed by atoms with Crippen LogP contribution in [0, 0.1) is 13.8 Å². The number of piperazine rings is 1. The van der Waals surface area contributed by atoms with Crippen LogP contribution in [-0.2, 0) is 9.47 Å². The first-order valence-electron chi connectivity index (χ1n) is 10.5. The molecule has 0 atom stereocenters. The maximum atomic E-state index is 12.9. The average molecular weight is 428 g/mol. The summed E-state index contributed by atoms with van der Waals surface area (Å²) in [5.41, 5.74) is 3.70. The zero-order valence-electron chi connectivity index (χ0n) is 18.5. The summed E-state index contributed by atoms with van der Waals surface area (Å²) in [4.78, 5) is 40.2. The van der Waals surface area contributed by atoms with E-state index in [0.717, 1.165) is 17.1 Å². The number of amides is 2. The summed E-state index contributed by atoms with van der Waals surface area (Å²) >= 11 is 0. The lowest BCUT2D eigenvalue weighted by atomic mass is 10.1. The molecule has 1 aliphatic heterocycles. The number of carbonyl (C=O) groups is 3. The zero-order valence-corrected chi connectivity index (χ0v) is 18.5. The van der Waals surface area contributed by atoms with E-state index in [0.29, 0.717) is 50.5 Å². The molecule has 166 valence electrons. The van der Waals surface area contributed by atoms with Gasteiger partial charge in [0.1, 0.15) is 0 Å². The summed E-state index contributed by atoms with van der Waals surface area (Å²) in [5.74, 6) is -0.404. The predicted molar refractivity (Wildman–Crippen MR) is 116 cm³/mol. The fraction of sp³-hybridized carbons (Fsp3) is 0.435. The molecular formula is C23H29N3O5. The summed E-state index contributed by atoms with van der Waals surface area (Å²) in [6, 6.07) is 9.14. The standard InChI is InChI=1S/C23H29N3O5/c1-5-30-22(28)20-15-16(3)26(17(20)4)19-9-7-18(8-10-19)21(27)24-11-13-25(14-12-24)23(29)31-6-2/h7-10,15H,5-6,11-14H2,1-4H3. The molecule has 2 amide bonds. The number of nitrogens with zero attached hydrogens (tertiary/aromatic N) is 3. The van der Waals surface area contributed by atoms with Crippen LogP contribution >= 0.6 is 0 Å². The quantitative estimate of drug-likeness (QED) is 0.685. The molecule has 1 aromatic carbocycles. The van der Waals surface area contributed by atoms with Crippen molar-refractivity contribution >= 4 is 18.0 Å². The summed E-state index contributed by atoms with van der Waals surface area (Å²) in [6.45, 7) is 9.88. The number of hydrogen-bond donors (Lipinski definition) is 0. The van der Waals surface area contributed by atoms with Crippen molar-refractivity contribution in [2.24, 2.45) is 0 Å². The maximum Gasteiger partial charge on any atom is 0.409 e. The van der Waals surface area contributed by atoms with Crippen molar-refractivity contribution in [3.63, 3.8) is 0 Å². The van der Waals surface area contributed by atoms with E-state index in [-0.39, 0.29) is 18.0 Å². The number of aromatic nitrogens is 1. The highest BCUT2D eigenvalue weighted by molar-refractivity contribution is 5.94. The largest absolute Gasteiger partial charge is 0.462 e. The molecule has 1 aromatic heterocycles. The second-order valence-electron chi connectivity index (χ2n) is 7.37. The molecule has 0 spiro atoms. The van der Waals surface area contributed by atoms with Gasteiger partial charge in [-0.25, -0.2) is 9.59 Å². The smallest absolute Gasteiger partial charge is 0.409 e. The fourth-order valence-corrected chi connectivity index (χ4v) is 3.82. The van der Waals surface area contributed by atoms with Crippen molar-refractivity contribution in [2.45, 2.75) is 27.7 Å². The highest BCUT2D eigenvalue weighted by Crippen LogP contribution is 2.22. The second kappa shape index (κ2) is 9.68. The second-order valence-corrected chi connectivity index (χ2v) is 7.37. The Balaban J connectivity index is 1.71. The predicted octanol–water partition coefficient (Wildman–Crippen LogP) is 3.19. The lowest BCUT2D eigenvalue weighted by Crippen LogP contribution is -2.50. The molecule has 0 N–H and O–H groups in total. The van der Waals surface area contributed by atoms with E-state index in [1.807, 2.05) is 36.6 Å². The van der Waals surface area contributed by atoms with E-state index in [4.69, 9.17) is 9.47 Å². The Morgan fingerprint density at radius 2 is 1.45 bits per heavy atom. The number of benzene rings is 1. The van der Waals surface area contributed by atoms with E-state index in [2.05, 4.69) is 0 Å². The fourth-order valence-electron chi connectivity index (χ4n) is 3.82. The average Bonchev–Trinajstić information content (AvgIpc) is 3.08. The summed E-state index contributed by atoms with van der Waals surface area (Å²) in [5, 5.41) is 0. The van der Waals surface area contributed by atoms with E-state index in [9.17, 15) is 14.4 Å². The van der Waals surface area contributed by atoms with Crippen molar-refractivity contribution in [3.8, 4) is 5.69 Å². The molecular weight excluding hydrogens is 398 g/mol. The molecule has 0 radical (unpaired) electrons. The zero-order chi connectivity index (χ0) is 22.5. The van der Waals surface area contributed by atoms with Crippen LogP contribution < -0.4 is 0 Å². The van der Waals surface area contributed by atoms with E-state index >= 15 is 0 Å². The number of hydrogen-bond acceptors (Lipinski definition) is 5. The first-order valence-corrected chi connectivity index (χ1v) is 10.5. The van der Waals surface area contributed by atoms with Crippen molar-refractivity contribution in [1.82, 2.24) is 14.4 Å². The normalized spacial score (nSPS) is 13.8. The molecule has 0 saturated carbocycles. The van der Waals surface area contributed by atoms with Crippen LogP contribution in [0.15, 0.2) is 30.3 Å². The van der Waals surface area contributed by atoms with Gasteiger partial charge in [0.25, 0.3) is 5.91 Å². The topological polar surface area (TPSA) is 81.1 Å². The number of esters is 1. The molecule has 8 heteroatoms. The minimum atomic E-state index is -0.337. The van der Waals surface area contributed by atoms with Gasteiger partial charge in [0, 0.05) is 48.8 Å². The van der Waals surface area contributed by atoms with Gasteiger partial charge < -0.3 is 23.8 Å². The molecule has 1 saturated heterocycles. The summed E-state index contributed by atoms with van der Waals surface area (Å²) in [7, 11) is 0. The SMILES string of the molecule is CCOC(=O)c1cc(C)n(-c2ccc(C(=O)N3CCN(C(=O)OCC)CC3)cc2)c1C. The Labute approximate surface area is 182 Å². The van der Waals surface area contributed by atoms with Gasteiger partial charge in [-0.15, -0.1) is 0 Å². The lowest BCUT2D eigenvalue weighted by molar-refractivity contribution is 0.0525. The van der Waals surface area contributed by atoms with Crippen LogP contribution in [0.4, 0.5) is 4.79 Å². The molecule has 2 heterocycles. The molecule has 0 aliphatic carbocycles. The first kappa shape index (κ1) is 22.4. The minimum absolute atomic E-state index is 0.0665. The Morgan fingerprint density at radius 3 is 2.03 bits per heavy atom. The molecule has 31 heavy (non-hydrogen) atoms. The maximum absolute atomic E-state index is 12.9. The molecule has 3 rings (SSSR count). The highest BCUT2D eigenvalue weighted by atomic mass is 16.6. The lowest BCUT2D eigenvalue weighted by Gasteiger charge is -2.34. The Hall–Kier alpha value is -3.29.